The molecule has 0 aliphatic carbocycles. The van der Waals surface area contributed by atoms with Gasteiger partial charge in [0.1, 0.15) is 0 Å². The molecule has 2 N–H and O–H groups in total. The highest BCUT2D eigenvalue weighted by atomic mass is 16.7. The molecule has 0 saturated carbocycles. The van der Waals surface area contributed by atoms with Crippen LogP contribution in [0.4, 0.5) is 0 Å². The predicted molar refractivity (Wildman–Crippen MR) is 66.1 cm³/mol. The first-order valence-electron chi connectivity index (χ1n) is 5.86. The van der Waals surface area contributed by atoms with Crippen LogP contribution < -0.4 is 14.8 Å². The summed E-state index contributed by atoms with van der Waals surface area (Å²) in [6.45, 7) is 2.56. The van der Waals surface area contributed by atoms with Gasteiger partial charge in [0.05, 0.1) is 5.41 Å². The molecule has 1 aromatic carbocycles. The average Bonchev–Trinajstić information content (AvgIpc) is 2.82. The minimum Gasteiger partial charge on any atom is -0.481 e. The van der Waals surface area contributed by atoms with Gasteiger partial charge >= 0.3 is 5.97 Å². The minimum atomic E-state index is -0.927. The van der Waals surface area contributed by atoms with Crippen molar-refractivity contribution in [2.24, 2.45) is 0 Å². The van der Waals surface area contributed by atoms with Crippen LogP contribution in [-0.2, 0) is 10.2 Å². The summed E-state index contributed by atoms with van der Waals surface area (Å²) in [5.41, 5.74) is -0.196. The van der Waals surface area contributed by atoms with Gasteiger partial charge in [-0.1, -0.05) is 6.07 Å². The van der Waals surface area contributed by atoms with E-state index in [-0.39, 0.29) is 6.79 Å². The highest BCUT2D eigenvalue weighted by Gasteiger charge is 2.35. The molecule has 0 amide bonds. The van der Waals surface area contributed by atoms with Crippen molar-refractivity contribution in [1.29, 1.82) is 0 Å². The van der Waals surface area contributed by atoms with Gasteiger partial charge < -0.3 is 19.9 Å². The van der Waals surface area contributed by atoms with Crippen LogP contribution in [0.5, 0.6) is 11.5 Å². The zero-order chi connectivity index (χ0) is 13.2. The van der Waals surface area contributed by atoms with Crippen molar-refractivity contribution in [3.8, 4) is 11.5 Å². The first-order valence-corrected chi connectivity index (χ1v) is 5.86. The monoisotopic (exact) mass is 251 g/mol. The molecule has 0 radical (unpaired) electrons. The van der Waals surface area contributed by atoms with Crippen molar-refractivity contribution in [3.05, 3.63) is 23.8 Å². The van der Waals surface area contributed by atoms with Crippen LogP contribution in [0.3, 0.4) is 0 Å². The molecule has 1 aromatic rings. The van der Waals surface area contributed by atoms with E-state index in [1.165, 1.54) is 0 Å². The second kappa shape index (κ2) is 4.86. The molecule has 0 bridgehead atoms. The Kier molecular flexibility index (Phi) is 3.43. The summed E-state index contributed by atoms with van der Waals surface area (Å²) >= 11 is 0. The lowest BCUT2D eigenvalue weighted by Gasteiger charge is -2.25. The van der Waals surface area contributed by atoms with Gasteiger partial charge in [0.15, 0.2) is 11.5 Å². The Morgan fingerprint density at radius 2 is 2.17 bits per heavy atom. The molecule has 18 heavy (non-hydrogen) atoms. The normalized spacial score (nSPS) is 16.3. The van der Waals surface area contributed by atoms with E-state index in [1.54, 1.807) is 25.1 Å². The molecule has 1 atom stereocenters. The van der Waals surface area contributed by atoms with Gasteiger partial charge in [-0.05, 0) is 44.6 Å². The number of hydrogen-bond donors (Lipinski definition) is 2. The number of carboxylic acid groups (broad SMARTS) is 1. The second-order valence-electron chi connectivity index (χ2n) is 4.56. The summed E-state index contributed by atoms with van der Waals surface area (Å²) in [5.74, 6) is 0.446. The third-order valence-electron chi connectivity index (χ3n) is 3.36. The molecular weight excluding hydrogens is 234 g/mol. The number of ether oxygens (including phenoxy) is 2. The molecule has 0 saturated heterocycles. The van der Waals surface area contributed by atoms with Crippen molar-refractivity contribution in [3.63, 3.8) is 0 Å². The van der Waals surface area contributed by atoms with Gasteiger partial charge in [-0.3, -0.25) is 4.79 Å². The third-order valence-corrected chi connectivity index (χ3v) is 3.36. The van der Waals surface area contributed by atoms with E-state index < -0.39 is 11.4 Å². The number of rotatable bonds is 5. The summed E-state index contributed by atoms with van der Waals surface area (Å²) in [4.78, 5) is 11.5. The molecule has 2 rings (SSSR count). The summed E-state index contributed by atoms with van der Waals surface area (Å²) in [6, 6.07) is 5.31. The van der Waals surface area contributed by atoms with Gasteiger partial charge in [-0.2, -0.15) is 0 Å². The molecule has 5 heteroatoms. The maximum absolute atomic E-state index is 11.5. The number of carboxylic acids is 1. The first kappa shape index (κ1) is 12.7. The molecule has 0 spiro atoms. The maximum atomic E-state index is 11.5. The molecule has 1 aliphatic rings. The fourth-order valence-corrected chi connectivity index (χ4v) is 1.99. The highest BCUT2D eigenvalue weighted by Crippen LogP contribution is 2.37. The van der Waals surface area contributed by atoms with E-state index >= 15 is 0 Å². The zero-order valence-corrected chi connectivity index (χ0v) is 10.5. The summed E-state index contributed by atoms with van der Waals surface area (Å²) < 4.78 is 10.5. The van der Waals surface area contributed by atoms with Crippen molar-refractivity contribution in [1.82, 2.24) is 5.32 Å². The molecule has 0 fully saturated rings. The van der Waals surface area contributed by atoms with Crippen LogP contribution in [0.15, 0.2) is 18.2 Å². The Hall–Kier alpha value is -1.75. The fraction of sp³-hybridized carbons (Fsp3) is 0.462. The van der Waals surface area contributed by atoms with E-state index in [4.69, 9.17) is 9.47 Å². The fourth-order valence-electron chi connectivity index (χ4n) is 1.99. The van der Waals surface area contributed by atoms with Crippen LogP contribution in [0.25, 0.3) is 0 Å². The molecule has 1 unspecified atom stereocenters. The quantitative estimate of drug-likeness (QED) is 0.827. The van der Waals surface area contributed by atoms with Crippen LogP contribution in [0, 0.1) is 0 Å². The van der Waals surface area contributed by atoms with Crippen LogP contribution in [0.1, 0.15) is 18.9 Å². The van der Waals surface area contributed by atoms with Crippen LogP contribution >= 0.6 is 0 Å². The minimum absolute atomic E-state index is 0.194. The molecular formula is C13H17NO4. The standard InChI is InChI=1S/C13H17NO4/c1-13(12(15)16,5-6-14-2)9-3-4-10-11(7-9)18-8-17-10/h3-4,7,14H,5-6,8H2,1-2H3,(H,15,16). The molecule has 5 nitrogen and oxygen atoms in total. The maximum Gasteiger partial charge on any atom is 0.313 e. The largest absolute Gasteiger partial charge is 0.481 e. The lowest BCUT2D eigenvalue weighted by molar-refractivity contribution is -0.143. The second-order valence-corrected chi connectivity index (χ2v) is 4.56. The summed E-state index contributed by atoms with van der Waals surface area (Å²) in [5, 5.41) is 12.4. The summed E-state index contributed by atoms with van der Waals surface area (Å²) in [6.07, 6.45) is 0.512. The molecule has 1 heterocycles. The van der Waals surface area contributed by atoms with E-state index in [0.29, 0.717) is 24.5 Å². The number of fused-ring (bicyclic) bond motifs is 1. The summed E-state index contributed by atoms with van der Waals surface area (Å²) in [7, 11) is 1.81. The average molecular weight is 251 g/mol. The Balaban J connectivity index is 2.33. The topological polar surface area (TPSA) is 67.8 Å². The van der Waals surface area contributed by atoms with E-state index in [1.807, 2.05) is 7.05 Å². The third kappa shape index (κ3) is 2.13. The van der Waals surface area contributed by atoms with Gasteiger partial charge in [0, 0.05) is 0 Å². The van der Waals surface area contributed by atoms with E-state index in [9.17, 15) is 9.90 Å². The smallest absolute Gasteiger partial charge is 0.313 e. The number of hydrogen-bond acceptors (Lipinski definition) is 4. The number of aliphatic carboxylic acids is 1. The van der Waals surface area contributed by atoms with E-state index in [0.717, 1.165) is 5.56 Å². The van der Waals surface area contributed by atoms with Gasteiger partial charge in [-0.25, -0.2) is 0 Å². The number of carbonyl (C=O) groups is 1. The van der Waals surface area contributed by atoms with Gasteiger partial charge in [-0.15, -0.1) is 0 Å². The lowest BCUT2D eigenvalue weighted by atomic mass is 9.79. The predicted octanol–water partition coefficient (Wildman–Crippen LogP) is 1.37. The van der Waals surface area contributed by atoms with Crippen molar-refractivity contribution < 1.29 is 19.4 Å². The Morgan fingerprint density at radius 3 is 2.83 bits per heavy atom. The van der Waals surface area contributed by atoms with Gasteiger partial charge in [0.2, 0.25) is 6.79 Å². The molecule has 1 aliphatic heterocycles. The Labute approximate surface area is 106 Å². The Morgan fingerprint density at radius 1 is 1.44 bits per heavy atom. The SMILES string of the molecule is CNCCC(C)(C(=O)O)c1ccc2c(c1)OCO2. The molecule has 0 aromatic heterocycles. The van der Waals surface area contributed by atoms with Crippen molar-refractivity contribution in [2.75, 3.05) is 20.4 Å². The van der Waals surface area contributed by atoms with Gasteiger partial charge in [0.25, 0.3) is 0 Å². The Bertz CT molecular complexity index is 460. The van der Waals surface area contributed by atoms with Crippen LogP contribution in [0.2, 0.25) is 0 Å². The number of nitrogens with one attached hydrogen (secondary N) is 1. The van der Waals surface area contributed by atoms with Crippen LogP contribution in [-0.4, -0.2) is 31.5 Å². The zero-order valence-electron chi connectivity index (χ0n) is 10.5. The number of benzene rings is 1. The first-order chi connectivity index (χ1) is 8.58. The van der Waals surface area contributed by atoms with Crippen molar-refractivity contribution in [2.45, 2.75) is 18.8 Å². The van der Waals surface area contributed by atoms with Crippen molar-refractivity contribution >= 4 is 5.97 Å². The lowest BCUT2D eigenvalue weighted by Crippen LogP contribution is -2.35. The van der Waals surface area contributed by atoms with E-state index in [2.05, 4.69) is 5.32 Å². The highest BCUT2D eigenvalue weighted by molar-refractivity contribution is 5.81. The molecule has 98 valence electrons.